The van der Waals surface area contributed by atoms with E-state index in [1.54, 1.807) is 13.0 Å². The molecule has 7 nitrogen and oxygen atoms in total. The lowest BCUT2D eigenvalue weighted by Gasteiger charge is -2.42. The maximum Gasteiger partial charge on any atom is 0.388 e. The van der Waals surface area contributed by atoms with E-state index in [4.69, 9.17) is 17.3 Å². The number of ether oxygens (including phenoxy) is 1. The molecular formula is C20H26ClF2N5O2. The first-order chi connectivity index (χ1) is 14.2. The Bertz CT molecular complexity index is 905. The molecule has 0 radical (unpaired) electrons. The van der Waals surface area contributed by atoms with Crippen LogP contribution < -0.4 is 15.4 Å². The molecule has 10 heteroatoms. The molecule has 0 aliphatic carbocycles. The van der Waals surface area contributed by atoms with Gasteiger partial charge >= 0.3 is 6.61 Å². The van der Waals surface area contributed by atoms with E-state index in [9.17, 15) is 13.9 Å². The first kappa shape index (κ1) is 22.6. The van der Waals surface area contributed by atoms with E-state index in [1.807, 2.05) is 6.92 Å². The van der Waals surface area contributed by atoms with Crippen LogP contribution in [0.2, 0.25) is 5.02 Å². The van der Waals surface area contributed by atoms with Gasteiger partial charge in [-0.25, -0.2) is 15.0 Å². The molecule has 0 bridgehead atoms. The summed E-state index contributed by atoms with van der Waals surface area (Å²) in [5.41, 5.74) is 7.89. The zero-order valence-electron chi connectivity index (χ0n) is 17.2. The van der Waals surface area contributed by atoms with Crippen LogP contribution in [0.25, 0.3) is 11.3 Å². The van der Waals surface area contributed by atoms with Crippen LogP contribution in [-0.2, 0) is 6.61 Å². The molecule has 0 amide bonds. The molecule has 0 saturated carbocycles. The number of halogens is 3. The Morgan fingerprint density at radius 3 is 2.57 bits per heavy atom. The monoisotopic (exact) mass is 441 g/mol. The second-order valence-corrected chi connectivity index (χ2v) is 8.25. The van der Waals surface area contributed by atoms with Crippen molar-refractivity contribution >= 4 is 17.4 Å². The number of aliphatic hydroxyl groups excluding tert-OH is 1. The number of hydrogen-bond donors (Lipinski definition) is 2. The molecule has 1 atom stereocenters. The number of nitrogens with two attached hydrogens (primary N) is 1. The van der Waals surface area contributed by atoms with Gasteiger partial charge in [0.15, 0.2) is 5.82 Å². The number of aromatic nitrogens is 3. The van der Waals surface area contributed by atoms with Crippen molar-refractivity contribution < 1.29 is 18.6 Å². The summed E-state index contributed by atoms with van der Waals surface area (Å²) in [7, 11) is 0. The number of anilines is 1. The van der Waals surface area contributed by atoms with Gasteiger partial charge in [0.1, 0.15) is 10.7 Å². The molecule has 0 spiro atoms. The van der Waals surface area contributed by atoms with Crippen LogP contribution in [0.15, 0.2) is 12.3 Å². The Balaban J connectivity index is 1.95. The van der Waals surface area contributed by atoms with Crippen molar-refractivity contribution in [2.24, 2.45) is 11.1 Å². The number of rotatable bonds is 6. The maximum atomic E-state index is 12.6. The molecule has 2 aromatic rings. The third kappa shape index (κ3) is 4.48. The summed E-state index contributed by atoms with van der Waals surface area (Å²) in [4.78, 5) is 15.1. The minimum atomic E-state index is -3.05. The normalized spacial score (nSPS) is 17.3. The van der Waals surface area contributed by atoms with E-state index < -0.39 is 6.61 Å². The Morgan fingerprint density at radius 1 is 1.33 bits per heavy atom. The Hall–Kier alpha value is -2.10. The number of alkyl halides is 2. The molecule has 1 saturated heterocycles. The topological polar surface area (TPSA) is 97.4 Å². The van der Waals surface area contributed by atoms with Gasteiger partial charge in [-0.05, 0) is 38.2 Å². The average molecular weight is 442 g/mol. The van der Waals surface area contributed by atoms with Crippen molar-refractivity contribution in [1.29, 1.82) is 0 Å². The second-order valence-electron chi connectivity index (χ2n) is 7.87. The molecule has 3 N–H and O–H groups in total. The van der Waals surface area contributed by atoms with Gasteiger partial charge < -0.3 is 20.5 Å². The van der Waals surface area contributed by atoms with E-state index >= 15 is 0 Å². The fraction of sp³-hybridized carbons (Fsp3) is 0.550. The number of hydrogen-bond acceptors (Lipinski definition) is 7. The highest BCUT2D eigenvalue weighted by molar-refractivity contribution is 6.34. The van der Waals surface area contributed by atoms with Gasteiger partial charge in [0.05, 0.1) is 18.0 Å². The van der Waals surface area contributed by atoms with Crippen LogP contribution in [0.3, 0.4) is 0 Å². The van der Waals surface area contributed by atoms with Crippen molar-refractivity contribution in [1.82, 2.24) is 15.0 Å². The first-order valence-corrected chi connectivity index (χ1v) is 10.1. The van der Waals surface area contributed by atoms with Gasteiger partial charge in [0.2, 0.25) is 5.88 Å². The highest BCUT2D eigenvalue weighted by atomic mass is 35.5. The summed E-state index contributed by atoms with van der Waals surface area (Å²) >= 11 is 6.23. The Labute approximate surface area is 179 Å². The maximum absolute atomic E-state index is 12.6. The molecule has 1 aliphatic heterocycles. The molecule has 0 unspecified atom stereocenters. The van der Waals surface area contributed by atoms with Crippen LogP contribution in [-0.4, -0.2) is 45.8 Å². The number of aryl methyl sites for hydroxylation is 1. The molecule has 30 heavy (non-hydrogen) atoms. The van der Waals surface area contributed by atoms with Gasteiger partial charge in [0, 0.05) is 30.9 Å². The van der Waals surface area contributed by atoms with Crippen LogP contribution in [0.4, 0.5) is 14.6 Å². The fourth-order valence-electron chi connectivity index (χ4n) is 3.62. The lowest BCUT2D eigenvalue weighted by molar-refractivity contribution is -0.0527. The number of piperidine rings is 1. The minimum absolute atomic E-state index is 0.0595. The van der Waals surface area contributed by atoms with Crippen molar-refractivity contribution in [3.63, 3.8) is 0 Å². The Morgan fingerprint density at radius 2 is 2.00 bits per heavy atom. The predicted octanol–water partition coefficient (Wildman–Crippen LogP) is 3.55. The van der Waals surface area contributed by atoms with Gasteiger partial charge in [-0.2, -0.15) is 8.78 Å². The lowest BCUT2D eigenvalue weighted by Crippen LogP contribution is -2.47. The van der Waals surface area contributed by atoms with Crippen molar-refractivity contribution in [2.75, 3.05) is 18.0 Å². The molecule has 164 valence electrons. The standard InChI is InChI=1S/C20H26ClF2N5O2/c1-11-16(13-4-7-25-18(15(13)21)30-19(22)23)27-14(10-29)17(26-11)28-8-5-20(3,6-9-28)12(2)24/h4,7,12,19,29H,5-6,8-10,24H2,1-3H3/t12-/m1/s1. The zero-order chi connectivity index (χ0) is 22.1. The fourth-order valence-corrected chi connectivity index (χ4v) is 3.86. The number of aliphatic hydroxyl groups is 1. The van der Waals surface area contributed by atoms with Crippen LogP contribution in [0.5, 0.6) is 5.88 Å². The zero-order valence-corrected chi connectivity index (χ0v) is 18.0. The highest BCUT2D eigenvalue weighted by Crippen LogP contribution is 2.38. The van der Waals surface area contributed by atoms with Crippen molar-refractivity contribution in [3.8, 4) is 17.1 Å². The van der Waals surface area contributed by atoms with E-state index in [-0.39, 0.29) is 29.0 Å². The van der Waals surface area contributed by atoms with Crippen LogP contribution >= 0.6 is 11.6 Å². The predicted molar refractivity (Wildman–Crippen MR) is 111 cm³/mol. The summed E-state index contributed by atoms with van der Waals surface area (Å²) in [5.74, 6) is 0.228. The third-order valence-electron chi connectivity index (χ3n) is 5.89. The van der Waals surface area contributed by atoms with Gasteiger partial charge in [-0.3, -0.25) is 0 Å². The van der Waals surface area contributed by atoms with Gasteiger partial charge in [-0.1, -0.05) is 18.5 Å². The van der Waals surface area contributed by atoms with E-state index in [2.05, 4.69) is 31.5 Å². The Kier molecular flexibility index (Phi) is 6.74. The quantitative estimate of drug-likeness (QED) is 0.707. The molecule has 1 fully saturated rings. The largest absolute Gasteiger partial charge is 0.415 e. The SMILES string of the molecule is Cc1nc(N2CCC(C)([C@@H](C)N)CC2)c(CO)nc1-c1ccnc(OC(F)F)c1Cl. The van der Waals surface area contributed by atoms with Crippen LogP contribution in [0, 0.1) is 12.3 Å². The molecule has 1 aliphatic rings. The van der Waals surface area contributed by atoms with Gasteiger partial charge in [0.25, 0.3) is 0 Å². The smallest absolute Gasteiger partial charge is 0.388 e. The molecule has 0 aromatic carbocycles. The van der Waals surface area contributed by atoms with Crippen LogP contribution in [0.1, 0.15) is 38.1 Å². The molecule has 2 aromatic heterocycles. The summed E-state index contributed by atoms with van der Waals surface area (Å²) in [6.07, 6.45) is 3.12. The van der Waals surface area contributed by atoms with E-state index in [0.29, 0.717) is 28.5 Å². The summed E-state index contributed by atoms with van der Waals surface area (Å²) in [5, 5.41) is 9.84. The molecular weight excluding hydrogens is 416 g/mol. The van der Waals surface area contributed by atoms with Crippen molar-refractivity contribution in [3.05, 3.63) is 28.7 Å². The summed E-state index contributed by atoms with van der Waals surface area (Å²) in [6, 6.07) is 1.64. The summed E-state index contributed by atoms with van der Waals surface area (Å²) < 4.78 is 29.6. The first-order valence-electron chi connectivity index (χ1n) is 9.75. The summed E-state index contributed by atoms with van der Waals surface area (Å²) in [6.45, 7) is 4.10. The van der Waals surface area contributed by atoms with E-state index in [1.165, 1.54) is 6.20 Å². The van der Waals surface area contributed by atoms with E-state index in [0.717, 1.165) is 25.9 Å². The highest BCUT2D eigenvalue weighted by Gasteiger charge is 2.34. The minimum Gasteiger partial charge on any atom is -0.415 e. The van der Waals surface area contributed by atoms with Gasteiger partial charge in [-0.15, -0.1) is 0 Å². The van der Waals surface area contributed by atoms with Crippen molar-refractivity contribution in [2.45, 2.75) is 52.9 Å². The average Bonchev–Trinajstić information content (AvgIpc) is 2.70. The third-order valence-corrected chi connectivity index (χ3v) is 6.25. The number of pyridine rings is 1. The molecule has 3 heterocycles. The number of nitrogens with zero attached hydrogens (tertiary/aromatic N) is 4. The molecule has 3 rings (SSSR count). The lowest BCUT2D eigenvalue weighted by atomic mass is 9.75. The second kappa shape index (κ2) is 8.95.